The van der Waals surface area contributed by atoms with E-state index in [0.29, 0.717) is 32.7 Å². The van der Waals surface area contributed by atoms with Crippen molar-refractivity contribution < 1.29 is 9.59 Å². The van der Waals surface area contributed by atoms with E-state index in [0.717, 1.165) is 29.9 Å². The third kappa shape index (κ3) is 4.65. The molecule has 1 unspecified atom stereocenters. The van der Waals surface area contributed by atoms with Gasteiger partial charge in [-0.05, 0) is 37.5 Å². The number of rotatable bonds is 6. The summed E-state index contributed by atoms with van der Waals surface area (Å²) in [6.45, 7) is 4.65. The summed E-state index contributed by atoms with van der Waals surface area (Å²) in [5, 5.41) is 4.71. The van der Waals surface area contributed by atoms with Gasteiger partial charge < -0.3 is 9.80 Å². The van der Waals surface area contributed by atoms with Crippen molar-refractivity contribution in [2.24, 2.45) is 5.92 Å². The van der Waals surface area contributed by atoms with Gasteiger partial charge >= 0.3 is 5.69 Å². The molecule has 1 atom stereocenters. The van der Waals surface area contributed by atoms with Crippen molar-refractivity contribution in [1.29, 1.82) is 0 Å². The minimum atomic E-state index is -0.307. The maximum atomic E-state index is 13.2. The number of nitrogens with zero attached hydrogens (tertiary/aromatic N) is 5. The summed E-state index contributed by atoms with van der Waals surface area (Å²) in [5.41, 5.74) is 1.79. The van der Waals surface area contributed by atoms with E-state index in [1.54, 1.807) is 14.1 Å². The molecule has 2 aliphatic heterocycles. The van der Waals surface area contributed by atoms with Gasteiger partial charge in [0.15, 0.2) is 0 Å². The summed E-state index contributed by atoms with van der Waals surface area (Å²) in [6, 6.07) is 19.4. The van der Waals surface area contributed by atoms with Crippen LogP contribution in [-0.2, 0) is 22.7 Å². The average molecular weight is 474 g/mol. The first-order valence-electron chi connectivity index (χ1n) is 12.4. The predicted octanol–water partition coefficient (Wildman–Crippen LogP) is 2.87. The smallest absolute Gasteiger partial charge is 0.342 e. The van der Waals surface area contributed by atoms with Crippen LogP contribution in [0.15, 0.2) is 65.5 Å². The summed E-state index contributed by atoms with van der Waals surface area (Å²) in [6.07, 6.45) is 1.78. The van der Waals surface area contributed by atoms with Crippen molar-refractivity contribution in [2.75, 3.05) is 24.5 Å². The van der Waals surface area contributed by atoms with E-state index in [4.69, 9.17) is 5.10 Å². The van der Waals surface area contributed by atoms with Gasteiger partial charge in [-0.3, -0.25) is 14.2 Å². The van der Waals surface area contributed by atoms with E-state index in [1.165, 1.54) is 0 Å². The van der Waals surface area contributed by atoms with Crippen LogP contribution in [0.3, 0.4) is 0 Å². The molecule has 35 heavy (non-hydrogen) atoms. The number of piperidine rings is 1. The Balaban J connectivity index is 1.23. The summed E-state index contributed by atoms with van der Waals surface area (Å²) >= 11 is 0. The number of carbonyl (C=O) groups excluding carboxylic acids is 2. The molecule has 8 nitrogen and oxygen atoms in total. The maximum absolute atomic E-state index is 13.2. The molecule has 182 valence electrons. The fourth-order valence-corrected chi connectivity index (χ4v) is 5.26. The topological polar surface area (TPSA) is 80.4 Å². The number of likely N-dealkylation sites (tertiary alicyclic amines) is 1. The molecule has 0 radical (unpaired) electrons. The minimum absolute atomic E-state index is 0.000328. The molecule has 8 heteroatoms. The molecule has 1 aromatic heterocycles. The molecule has 5 rings (SSSR count). The van der Waals surface area contributed by atoms with Gasteiger partial charge in [-0.15, -0.1) is 0 Å². The van der Waals surface area contributed by atoms with E-state index in [-0.39, 0.29) is 35.8 Å². The van der Waals surface area contributed by atoms with Crippen LogP contribution in [0.5, 0.6) is 0 Å². The second-order valence-electron chi connectivity index (χ2n) is 9.37. The lowest BCUT2D eigenvalue weighted by Gasteiger charge is -2.33. The molecule has 2 fully saturated rings. The van der Waals surface area contributed by atoms with Gasteiger partial charge in [0.2, 0.25) is 11.8 Å². The molecule has 2 amide bonds. The van der Waals surface area contributed by atoms with Gasteiger partial charge in [0.25, 0.3) is 0 Å². The van der Waals surface area contributed by atoms with E-state index in [2.05, 4.69) is 0 Å². The van der Waals surface area contributed by atoms with Crippen LogP contribution in [0, 0.1) is 5.92 Å². The fraction of sp³-hybridized carbons (Fsp3) is 0.407. The monoisotopic (exact) mass is 473 g/mol. The summed E-state index contributed by atoms with van der Waals surface area (Å²) in [7, 11) is 0. The van der Waals surface area contributed by atoms with Crippen LogP contribution in [0.4, 0.5) is 5.69 Å². The van der Waals surface area contributed by atoms with Gasteiger partial charge in [0.05, 0.1) is 12.5 Å². The number of anilines is 1. The van der Waals surface area contributed by atoms with Crippen molar-refractivity contribution in [3.63, 3.8) is 0 Å². The zero-order chi connectivity index (χ0) is 24.4. The predicted molar refractivity (Wildman–Crippen MR) is 133 cm³/mol. The van der Waals surface area contributed by atoms with Crippen LogP contribution in [0.1, 0.15) is 43.5 Å². The number of carbonyl (C=O) groups is 2. The first-order valence-corrected chi connectivity index (χ1v) is 12.4. The second kappa shape index (κ2) is 9.90. The highest BCUT2D eigenvalue weighted by atomic mass is 16.2. The van der Waals surface area contributed by atoms with E-state index < -0.39 is 0 Å². The Labute approximate surface area is 204 Å². The molecule has 2 aromatic carbocycles. The molecule has 0 N–H and O–H groups in total. The normalized spacial score (nSPS) is 18.9. The maximum Gasteiger partial charge on any atom is 0.346 e. The average Bonchev–Trinajstić information content (AvgIpc) is 3.44. The Morgan fingerprint density at radius 3 is 2.29 bits per heavy atom. The Bertz CT molecular complexity index is 1240. The zero-order valence-corrected chi connectivity index (χ0v) is 20.0. The van der Waals surface area contributed by atoms with Gasteiger partial charge in [0.1, 0.15) is 5.82 Å². The molecule has 0 bridgehead atoms. The van der Waals surface area contributed by atoms with Gasteiger partial charge in [0, 0.05) is 44.2 Å². The quantitative estimate of drug-likeness (QED) is 0.551. The van der Waals surface area contributed by atoms with Crippen LogP contribution >= 0.6 is 0 Å². The number of aromatic nitrogens is 3. The number of para-hydroxylation sites is 1. The number of benzene rings is 2. The Morgan fingerprint density at radius 1 is 0.971 bits per heavy atom. The van der Waals surface area contributed by atoms with Gasteiger partial charge in [-0.25, -0.2) is 9.48 Å². The van der Waals surface area contributed by atoms with E-state index in [1.807, 2.05) is 72.5 Å². The highest BCUT2D eigenvalue weighted by molar-refractivity contribution is 6.00. The fourth-order valence-electron chi connectivity index (χ4n) is 5.26. The molecule has 3 heterocycles. The van der Waals surface area contributed by atoms with Crippen LogP contribution in [0.25, 0.3) is 0 Å². The lowest BCUT2D eigenvalue weighted by molar-refractivity contribution is -0.136. The molecule has 2 aliphatic rings. The first-order chi connectivity index (χ1) is 17.0. The minimum Gasteiger partial charge on any atom is -0.342 e. The molecular weight excluding hydrogens is 442 g/mol. The van der Waals surface area contributed by atoms with Crippen molar-refractivity contribution >= 4 is 17.5 Å². The SMILES string of the molecule is CCn1c(C2CCN(C(=O)C3CC(=O)N(c4ccccc4)C3)CC2)nn(Cc2ccccc2)c1=O. The molecule has 0 saturated carbocycles. The van der Waals surface area contributed by atoms with E-state index in [9.17, 15) is 14.4 Å². The largest absolute Gasteiger partial charge is 0.346 e. The standard InChI is InChI=1S/C27H31N5O3/c1-2-30-25(28-32(27(30)35)18-20-9-5-3-6-10-20)21-13-15-29(16-14-21)26(34)22-17-24(33)31(19-22)23-11-7-4-8-12-23/h3-12,21-22H,2,13-19H2,1H3. The molecule has 3 aromatic rings. The molecule has 0 spiro atoms. The first kappa shape index (κ1) is 23.1. The van der Waals surface area contributed by atoms with Crippen molar-refractivity contribution in [3.8, 4) is 0 Å². The van der Waals surface area contributed by atoms with Crippen molar-refractivity contribution in [3.05, 3.63) is 82.5 Å². The van der Waals surface area contributed by atoms with Crippen molar-refractivity contribution in [2.45, 2.75) is 45.2 Å². The van der Waals surface area contributed by atoms with E-state index >= 15 is 0 Å². The summed E-state index contributed by atoms with van der Waals surface area (Å²) < 4.78 is 3.31. The summed E-state index contributed by atoms with van der Waals surface area (Å²) in [4.78, 5) is 42.3. The molecule has 2 saturated heterocycles. The number of hydrogen-bond donors (Lipinski definition) is 0. The van der Waals surface area contributed by atoms with Crippen LogP contribution in [-0.4, -0.2) is 50.7 Å². The van der Waals surface area contributed by atoms with Crippen molar-refractivity contribution in [1.82, 2.24) is 19.2 Å². The third-order valence-electron chi connectivity index (χ3n) is 7.16. The second-order valence-corrected chi connectivity index (χ2v) is 9.37. The number of hydrogen-bond acceptors (Lipinski definition) is 4. The van der Waals surface area contributed by atoms with Crippen LogP contribution < -0.4 is 10.6 Å². The highest BCUT2D eigenvalue weighted by Gasteiger charge is 2.38. The Kier molecular flexibility index (Phi) is 6.53. The van der Waals surface area contributed by atoms with Gasteiger partial charge in [-0.2, -0.15) is 5.10 Å². The number of amides is 2. The zero-order valence-electron chi connectivity index (χ0n) is 20.0. The Morgan fingerprint density at radius 2 is 1.63 bits per heavy atom. The molecule has 0 aliphatic carbocycles. The van der Waals surface area contributed by atoms with Crippen LogP contribution in [0.2, 0.25) is 0 Å². The lowest BCUT2D eigenvalue weighted by atomic mass is 9.94. The lowest BCUT2D eigenvalue weighted by Crippen LogP contribution is -2.42. The highest BCUT2D eigenvalue weighted by Crippen LogP contribution is 2.30. The Hall–Kier alpha value is -3.68. The molecular formula is C27H31N5O3. The van der Waals surface area contributed by atoms with Gasteiger partial charge in [-0.1, -0.05) is 48.5 Å². The third-order valence-corrected chi connectivity index (χ3v) is 7.16. The summed E-state index contributed by atoms with van der Waals surface area (Å²) in [5.74, 6) is 0.692.